The van der Waals surface area contributed by atoms with Crippen LogP contribution in [0, 0.1) is 11.7 Å². The normalized spacial score (nSPS) is 29.7. The second kappa shape index (κ2) is 10.4. The number of ketones is 1. The molecule has 1 aliphatic carbocycles. The molecule has 1 saturated carbocycles. The van der Waals surface area contributed by atoms with Crippen LogP contribution in [0.15, 0.2) is 41.5 Å². The van der Waals surface area contributed by atoms with Crippen LogP contribution in [0.3, 0.4) is 0 Å². The summed E-state index contributed by atoms with van der Waals surface area (Å²) in [6.45, 7) is 3.11. The van der Waals surface area contributed by atoms with Crippen LogP contribution in [0.4, 0.5) is 4.39 Å². The zero-order valence-electron chi connectivity index (χ0n) is 23.3. The van der Waals surface area contributed by atoms with Gasteiger partial charge < -0.3 is 20.1 Å². The Balaban J connectivity index is 1.49. The molecule has 40 heavy (non-hydrogen) atoms. The van der Waals surface area contributed by atoms with Gasteiger partial charge in [-0.25, -0.2) is 27.1 Å². The lowest BCUT2D eigenvalue weighted by Gasteiger charge is -2.49. The van der Waals surface area contributed by atoms with Crippen molar-refractivity contribution in [1.82, 2.24) is 14.2 Å². The number of methoxy groups -OCH3 is 2. The number of ether oxygens (including phenoxy) is 2. The summed E-state index contributed by atoms with van der Waals surface area (Å²) in [6, 6.07) is 7.55. The molecule has 2 fully saturated rings. The molecular formula is C28H36FN5O5S. The van der Waals surface area contributed by atoms with E-state index < -0.39 is 26.1 Å². The van der Waals surface area contributed by atoms with E-state index in [0.29, 0.717) is 23.8 Å². The van der Waals surface area contributed by atoms with Crippen molar-refractivity contribution in [3.8, 4) is 5.75 Å². The lowest BCUT2D eigenvalue weighted by molar-refractivity contribution is -0.00907. The molecule has 2 aromatic rings. The summed E-state index contributed by atoms with van der Waals surface area (Å²) in [5.41, 5.74) is 5.49. The smallest absolute Gasteiger partial charge is 0.247 e. The highest BCUT2D eigenvalue weighted by Gasteiger charge is 2.66. The summed E-state index contributed by atoms with van der Waals surface area (Å²) in [7, 11) is 0.578. The number of pyridine rings is 1. The monoisotopic (exact) mass is 573 g/mol. The number of sulfonamides is 1. The minimum Gasteiger partial charge on any atom is -0.495 e. The molecule has 2 atom stereocenters. The zero-order valence-corrected chi connectivity index (χ0v) is 24.1. The number of aromatic nitrogens is 1. The van der Waals surface area contributed by atoms with Crippen LogP contribution in [0.25, 0.3) is 0 Å². The molecule has 10 nitrogen and oxygen atoms in total. The first kappa shape index (κ1) is 28.4. The van der Waals surface area contributed by atoms with Crippen molar-refractivity contribution >= 4 is 21.8 Å². The van der Waals surface area contributed by atoms with Crippen molar-refractivity contribution in [2.24, 2.45) is 16.6 Å². The Kier molecular flexibility index (Phi) is 7.38. The third-order valence-corrected chi connectivity index (χ3v) is 11.6. The molecule has 1 saturated heterocycles. The van der Waals surface area contributed by atoms with E-state index in [1.807, 2.05) is 0 Å². The van der Waals surface area contributed by atoms with E-state index in [9.17, 15) is 13.2 Å². The molecule has 0 radical (unpaired) electrons. The molecule has 12 heteroatoms. The van der Waals surface area contributed by atoms with E-state index in [-0.39, 0.29) is 48.5 Å². The second-order valence-corrected chi connectivity index (χ2v) is 13.5. The molecule has 3 heterocycles. The van der Waals surface area contributed by atoms with Gasteiger partial charge in [-0.1, -0.05) is 6.07 Å². The molecule has 5 rings (SSSR count). The van der Waals surface area contributed by atoms with Gasteiger partial charge in [0.1, 0.15) is 27.5 Å². The number of hydrogen-bond acceptors (Lipinski definition) is 9. The van der Waals surface area contributed by atoms with Gasteiger partial charge in [-0.3, -0.25) is 4.79 Å². The van der Waals surface area contributed by atoms with Crippen LogP contribution in [-0.2, 0) is 26.7 Å². The fourth-order valence-corrected chi connectivity index (χ4v) is 8.51. The Morgan fingerprint density at radius 1 is 1.23 bits per heavy atom. The number of nitrogens with two attached hydrogens (primary N) is 1. The standard InChI is InChI=1S/C28H36FN5O5S/c1-27(22-13-18(5-7-23(22)29)14-25(35)24-8-6-20(38-3)15-31-24)28(40(36,37)33(2)26(30)32-27)9-10-34(17-28)16-19-11-21(12-19)39-4/h5-8,13,15,19,21H,9-12,14,16-17H2,1-4H3,(H2,30,32)/t19?,21?,27-,28-/m1/s1. The molecular weight excluding hydrogens is 537 g/mol. The second-order valence-electron chi connectivity index (χ2n) is 11.2. The molecule has 1 spiro atoms. The Hall–Kier alpha value is -3.09. The van der Waals surface area contributed by atoms with Gasteiger partial charge in [-0.2, -0.15) is 0 Å². The third-order valence-electron chi connectivity index (χ3n) is 8.93. The predicted octanol–water partition coefficient (Wildman–Crippen LogP) is 2.33. The number of aliphatic imine (C=N–C) groups is 1. The summed E-state index contributed by atoms with van der Waals surface area (Å²) >= 11 is 0. The van der Waals surface area contributed by atoms with E-state index in [1.54, 1.807) is 32.2 Å². The molecule has 1 aromatic carbocycles. The maximum absolute atomic E-state index is 15.7. The van der Waals surface area contributed by atoms with Crippen LogP contribution in [0.5, 0.6) is 5.75 Å². The molecule has 0 bridgehead atoms. The topological polar surface area (TPSA) is 127 Å². The summed E-state index contributed by atoms with van der Waals surface area (Å²) < 4.78 is 53.9. The van der Waals surface area contributed by atoms with Crippen LogP contribution in [-0.4, -0.2) is 86.1 Å². The Morgan fingerprint density at radius 3 is 2.62 bits per heavy atom. The Morgan fingerprint density at radius 2 is 1.98 bits per heavy atom. The van der Waals surface area contributed by atoms with E-state index in [0.717, 1.165) is 23.7 Å². The first-order valence-corrected chi connectivity index (χ1v) is 14.8. The van der Waals surface area contributed by atoms with Gasteiger partial charge in [-0.15, -0.1) is 0 Å². The fraction of sp³-hybridized carbons (Fsp3) is 0.536. The van der Waals surface area contributed by atoms with Crippen molar-refractivity contribution in [3.63, 3.8) is 0 Å². The number of rotatable bonds is 8. The highest BCUT2D eigenvalue weighted by atomic mass is 32.2. The minimum atomic E-state index is -4.03. The first-order valence-electron chi connectivity index (χ1n) is 13.3. The number of likely N-dealkylation sites (tertiary alicyclic amines) is 1. The fourth-order valence-electron chi connectivity index (χ4n) is 6.34. The van der Waals surface area contributed by atoms with Gasteiger partial charge in [0.25, 0.3) is 0 Å². The summed E-state index contributed by atoms with van der Waals surface area (Å²) in [4.78, 5) is 23.9. The number of carbonyl (C=O) groups is 1. The first-order chi connectivity index (χ1) is 18.9. The number of benzene rings is 1. The van der Waals surface area contributed by atoms with Gasteiger partial charge in [0.05, 0.1) is 19.4 Å². The number of hydrogen-bond donors (Lipinski definition) is 1. The highest BCUT2D eigenvalue weighted by Crippen LogP contribution is 2.52. The van der Waals surface area contributed by atoms with E-state index in [4.69, 9.17) is 15.2 Å². The number of nitrogens with zero attached hydrogens (tertiary/aromatic N) is 4. The molecule has 2 N–H and O–H groups in total. The Bertz CT molecular complexity index is 1430. The summed E-state index contributed by atoms with van der Waals surface area (Å²) in [5, 5.41) is 0. The van der Waals surface area contributed by atoms with E-state index in [1.165, 1.54) is 32.5 Å². The van der Waals surface area contributed by atoms with Gasteiger partial charge in [0.15, 0.2) is 5.78 Å². The third kappa shape index (κ3) is 4.55. The van der Waals surface area contributed by atoms with Crippen LogP contribution in [0.1, 0.15) is 47.8 Å². The number of halogens is 1. The van der Waals surface area contributed by atoms with E-state index in [2.05, 4.69) is 14.9 Å². The van der Waals surface area contributed by atoms with Crippen molar-refractivity contribution < 1.29 is 27.1 Å². The molecule has 0 amide bonds. The molecule has 2 aliphatic heterocycles. The number of Topliss-reactive ketones (excluding diaryl/α,β-unsaturated/α-hetero) is 1. The average Bonchev–Trinajstić information content (AvgIpc) is 3.36. The van der Waals surface area contributed by atoms with Crippen molar-refractivity contribution in [2.75, 3.05) is 40.9 Å². The minimum absolute atomic E-state index is 0.0456. The summed E-state index contributed by atoms with van der Waals surface area (Å²) in [5.74, 6) is -0.115. The number of carbonyl (C=O) groups excluding carboxylic acids is 1. The van der Waals surface area contributed by atoms with Crippen molar-refractivity contribution in [1.29, 1.82) is 0 Å². The SMILES string of the molecule is COc1ccc(C(=O)Cc2ccc(F)c([C@@]3(C)N=C(N)N(C)S(=O)(=O)[C@@]34CCN(CC3CC(OC)C3)C4)c2)nc1. The quantitative estimate of drug-likeness (QED) is 0.477. The predicted molar refractivity (Wildman–Crippen MR) is 148 cm³/mol. The lowest BCUT2D eigenvalue weighted by Crippen LogP contribution is -2.66. The van der Waals surface area contributed by atoms with Gasteiger partial charge in [0.2, 0.25) is 16.0 Å². The van der Waals surface area contributed by atoms with E-state index >= 15 is 4.39 Å². The van der Waals surface area contributed by atoms with Gasteiger partial charge in [-0.05, 0) is 68.5 Å². The molecule has 0 unspecified atom stereocenters. The molecule has 216 valence electrons. The lowest BCUT2D eigenvalue weighted by atomic mass is 9.77. The van der Waals surface area contributed by atoms with Crippen molar-refractivity contribution in [2.45, 2.75) is 49.0 Å². The van der Waals surface area contributed by atoms with Gasteiger partial charge in [0, 0.05) is 39.2 Å². The molecule has 1 aromatic heterocycles. The average molecular weight is 574 g/mol. The summed E-state index contributed by atoms with van der Waals surface area (Å²) in [6.07, 6.45) is 3.79. The zero-order chi connectivity index (χ0) is 28.9. The van der Waals surface area contributed by atoms with Crippen LogP contribution >= 0.6 is 0 Å². The number of guanidine groups is 1. The Labute approximate surface area is 234 Å². The van der Waals surface area contributed by atoms with Crippen LogP contribution < -0.4 is 10.5 Å². The van der Waals surface area contributed by atoms with Gasteiger partial charge >= 0.3 is 0 Å². The maximum atomic E-state index is 15.7. The molecule has 3 aliphatic rings. The highest BCUT2D eigenvalue weighted by molar-refractivity contribution is 7.91. The van der Waals surface area contributed by atoms with Crippen molar-refractivity contribution in [3.05, 3.63) is 59.2 Å². The van der Waals surface area contributed by atoms with Crippen LogP contribution in [0.2, 0.25) is 0 Å². The largest absolute Gasteiger partial charge is 0.495 e. The maximum Gasteiger partial charge on any atom is 0.247 e.